The summed E-state index contributed by atoms with van der Waals surface area (Å²) < 4.78 is 8.75. The molecule has 8 rings (SSSR count). The minimum atomic E-state index is -0.281. The van der Waals surface area contributed by atoms with Gasteiger partial charge in [-0.05, 0) is 46.8 Å². The molecule has 3 aliphatic rings. The third-order valence-corrected chi connectivity index (χ3v) is 7.31. The van der Waals surface area contributed by atoms with Crippen LogP contribution in [0.15, 0.2) is 65.9 Å². The van der Waals surface area contributed by atoms with Crippen molar-refractivity contribution in [3.63, 3.8) is 0 Å². The Balaban J connectivity index is 1.17. The highest BCUT2D eigenvalue weighted by Crippen LogP contribution is 2.53. The number of imidazole rings is 1. The van der Waals surface area contributed by atoms with Crippen LogP contribution in [0.2, 0.25) is 5.02 Å². The molecule has 2 N–H and O–H groups in total. The molecular weight excluding hydrogens is 522 g/mol. The van der Waals surface area contributed by atoms with Crippen molar-refractivity contribution in [3.8, 4) is 34.1 Å². The summed E-state index contributed by atoms with van der Waals surface area (Å²) >= 11 is 6.30. The largest absolute Gasteiger partial charge is 0.482 e. The summed E-state index contributed by atoms with van der Waals surface area (Å²) in [5.74, 6) is 1.69. The van der Waals surface area contributed by atoms with Gasteiger partial charge in [0.2, 0.25) is 0 Å². The van der Waals surface area contributed by atoms with Crippen molar-refractivity contribution in [2.24, 2.45) is 5.92 Å². The van der Waals surface area contributed by atoms with Gasteiger partial charge in [0.1, 0.15) is 23.7 Å². The van der Waals surface area contributed by atoms with Crippen molar-refractivity contribution < 1.29 is 9.53 Å². The first-order valence-corrected chi connectivity index (χ1v) is 12.4. The Labute approximate surface area is 223 Å². The Hall–Kier alpha value is -5.10. The van der Waals surface area contributed by atoms with Gasteiger partial charge in [0, 0.05) is 33.7 Å². The van der Waals surface area contributed by atoms with E-state index in [1.165, 1.54) is 17.1 Å². The zero-order chi connectivity index (χ0) is 26.2. The number of hydrogen-bond acceptors (Lipinski definition) is 8. The number of H-pyrrole nitrogens is 1. The third-order valence-electron chi connectivity index (χ3n) is 7.07. The maximum atomic E-state index is 13.5. The van der Waals surface area contributed by atoms with Crippen LogP contribution >= 0.6 is 11.6 Å². The smallest absolute Gasteiger partial charge is 0.262 e. The monoisotopic (exact) mass is 537 g/mol. The molecule has 2 atom stereocenters. The lowest BCUT2D eigenvalue weighted by Gasteiger charge is -2.18. The molecule has 2 aromatic carbocycles. The number of carbonyl (C=O) groups is 1. The number of nitrogens with one attached hydrogen (secondary N) is 2. The highest BCUT2D eigenvalue weighted by molar-refractivity contribution is 6.31. The molecule has 5 aromatic rings. The van der Waals surface area contributed by atoms with Crippen molar-refractivity contribution in [3.05, 3.63) is 88.0 Å². The van der Waals surface area contributed by atoms with E-state index in [4.69, 9.17) is 21.3 Å². The zero-order valence-corrected chi connectivity index (χ0v) is 20.6. The molecule has 0 spiro atoms. The van der Waals surface area contributed by atoms with E-state index >= 15 is 0 Å². The lowest BCUT2D eigenvalue weighted by Crippen LogP contribution is -2.26. The summed E-state index contributed by atoms with van der Waals surface area (Å²) in [7, 11) is 0. The first-order valence-electron chi connectivity index (χ1n) is 12.0. The SMILES string of the molecule is O=C1COc2cc(-c3ncc(C4C5C=C5c5nc(-c6cc(Cl)ccc6-n6cnnn6)cc(=O)n54)[nH]3)ccc2N1. The molecule has 12 nitrogen and oxygen atoms in total. The predicted octanol–water partition coefficient (Wildman–Crippen LogP) is 2.88. The van der Waals surface area contributed by atoms with Gasteiger partial charge in [-0.1, -0.05) is 17.7 Å². The van der Waals surface area contributed by atoms with Crippen molar-refractivity contribution >= 4 is 28.8 Å². The second kappa shape index (κ2) is 7.95. The summed E-state index contributed by atoms with van der Waals surface area (Å²) in [6.45, 7) is -0.0286. The first-order chi connectivity index (χ1) is 19.0. The van der Waals surface area contributed by atoms with E-state index in [2.05, 4.69) is 36.9 Å². The van der Waals surface area contributed by atoms with Gasteiger partial charge in [-0.2, -0.15) is 4.68 Å². The Kier molecular flexibility index (Phi) is 4.47. The Morgan fingerprint density at radius 1 is 1.10 bits per heavy atom. The van der Waals surface area contributed by atoms with Crippen LogP contribution in [0.4, 0.5) is 5.69 Å². The summed E-state index contributed by atoms with van der Waals surface area (Å²) in [5, 5.41) is 14.7. The number of carbonyl (C=O) groups excluding carboxylic acids is 1. The Morgan fingerprint density at radius 3 is 2.90 bits per heavy atom. The number of fused-ring (bicyclic) bond motifs is 4. The summed E-state index contributed by atoms with van der Waals surface area (Å²) in [6, 6.07) is 12.0. The van der Waals surface area contributed by atoms with E-state index in [0.29, 0.717) is 45.1 Å². The molecule has 13 heteroatoms. The molecule has 1 amide bonds. The van der Waals surface area contributed by atoms with Crippen LogP contribution in [0.25, 0.3) is 33.9 Å². The molecule has 0 fully saturated rings. The number of ether oxygens (including phenoxy) is 1. The minimum absolute atomic E-state index is 0.0286. The van der Waals surface area contributed by atoms with E-state index in [1.807, 2.05) is 12.1 Å². The zero-order valence-electron chi connectivity index (χ0n) is 19.9. The Morgan fingerprint density at radius 2 is 2.03 bits per heavy atom. The quantitative estimate of drug-likeness (QED) is 0.356. The number of allylic oxidation sites excluding steroid dienone is 2. The van der Waals surface area contributed by atoms with Gasteiger partial charge in [-0.15, -0.1) is 5.10 Å². The van der Waals surface area contributed by atoms with Crippen LogP contribution in [-0.4, -0.2) is 52.2 Å². The normalized spacial score (nSPS) is 18.5. The molecule has 1 aliphatic carbocycles. The molecule has 39 heavy (non-hydrogen) atoms. The molecule has 190 valence electrons. The van der Waals surface area contributed by atoms with Gasteiger partial charge in [-0.3, -0.25) is 14.2 Å². The van der Waals surface area contributed by atoms with Gasteiger partial charge >= 0.3 is 0 Å². The summed E-state index contributed by atoms with van der Waals surface area (Å²) in [5.41, 5.74) is 4.82. The van der Waals surface area contributed by atoms with Gasteiger partial charge < -0.3 is 15.0 Å². The second-order valence-electron chi connectivity index (χ2n) is 9.42. The van der Waals surface area contributed by atoms with Crippen molar-refractivity contribution in [1.29, 1.82) is 0 Å². The number of hydrogen-bond donors (Lipinski definition) is 2. The van der Waals surface area contributed by atoms with Crippen molar-refractivity contribution in [2.75, 3.05) is 11.9 Å². The van der Waals surface area contributed by atoms with E-state index in [-0.39, 0.29) is 30.0 Å². The third kappa shape index (κ3) is 3.42. The summed E-state index contributed by atoms with van der Waals surface area (Å²) in [6.07, 6.45) is 5.32. The highest BCUT2D eigenvalue weighted by Gasteiger charge is 2.47. The fourth-order valence-electron chi connectivity index (χ4n) is 5.26. The van der Waals surface area contributed by atoms with Crippen LogP contribution in [0, 0.1) is 5.92 Å². The van der Waals surface area contributed by atoms with Crippen LogP contribution in [0.3, 0.4) is 0 Å². The number of aromatic nitrogens is 8. The van der Waals surface area contributed by atoms with E-state index in [1.54, 1.807) is 35.0 Å². The molecule has 0 saturated carbocycles. The molecule has 5 heterocycles. The Bertz CT molecular complexity index is 1930. The standard InChI is InChI=1S/C26H16ClN9O3/c27-13-2-4-20(35-11-29-33-34-35)16(6-13)18-8-23(38)36-24(14-7-15(14)26(36)32-18)19-9-28-25(31-19)12-1-3-17-21(5-12)39-10-22(37)30-17/h1-9,11,14,24H,10H2,(H,28,31)(H,30,37). The van der Waals surface area contributed by atoms with Crippen LogP contribution in [0.5, 0.6) is 5.75 Å². The van der Waals surface area contributed by atoms with E-state index in [9.17, 15) is 9.59 Å². The minimum Gasteiger partial charge on any atom is -0.482 e. The number of benzene rings is 2. The first kappa shape index (κ1) is 21.9. The number of halogens is 1. The van der Waals surface area contributed by atoms with Crippen LogP contribution < -0.4 is 15.6 Å². The van der Waals surface area contributed by atoms with Crippen LogP contribution in [0.1, 0.15) is 17.6 Å². The average molecular weight is 538 g/mol. The molecule has 0 radical (unpaired) electrons. The topological polar surface area (TPSA) is 146 Å². The number of amides is 1. The number of tetrazole rings is 1. The molecule has 0 bridgehead atoms. The fourth-order valence-corrected chi connectivity index (χ4v) is 5.44. The number of anilines is 1. The maximum Gasteiger partial charge on any atom is 0.262 e. The van der Waals surface area contributed by atoms with E-state index in [0.717, 1.165) is 16.8 Å². The molecule has 2 aliphatic heterocycles. The van der Waals surface area contributed by atoms with Gasteiger partial charge in [0.05, 0.1) is 35.0 Å². The molecular formula is C26H16ClN9O3. The van der Waals surface area contributed by atoms with Crippen molar-refractivity contribution in [2.45, 2.75) is 6.04 Å². The average Bonchev–Trinajstić information content (AvgIpc) is 3.28. The van der Waals surface area contributed by atoms with E-state index < -0.39 is 0 Å². The van der Waals surface area contributed by atoms with Gasteiger partial charge in [-0.25, -0.2) is 9.97 Å². The fraction of sp³-hybridized carbons (Fsp3) is 0.115. The van der Waals surface area contributed by atoms with Gasteiger partial charge in [0.15, 0.2) is 6.61 Å². The number of nitrogens with zero attached hydrogens (tertiary/aromatic N) is 7. The second-order valence-corrected chi connectivity index (χ2v) is 9.85. The molecule has 2 unspecified atom stereocenters. The number of aromatic amines is 1. The van der Waals surface area contributed by atoms with Crippen molar-refractivity contribution in [1.82, 2.24) is 39.7 Å². The predicted molar refractivity (Wildman–Crippen MR) is 139 cm³/mol. The lowest BCUT2D eigenvalue weighted by atomic mass is 10.1. The highest BCUT2D eigenvalue weighted by atomic mass is 35.5. The van der Waals surface area contributed by atoms with Crippen LogP contribution in [-0.2, 0) is 4.79 Å². The molecule has 0 saturated heterocycles. The number of rotatable bonds is 4. The van der Waals surface area contributed by atoms with Gasteiger partial charge in [0.25, 0.3) is 11.5 Å². The maximum absolute atomic E-state index is 13.5. The molecule has 3 aromatic heterocycles. The lowest BCUT2D eigenvalue weighted by molar-refractivity contribution is -0.118. The summed E-state index contributed by atoms with van der Waals surface area (Å²) in [4.78, 5) is 37.9.